The van der Waals surface area contributed by atoms with Gasteiger partial charge in [0.25, 0.3) is 5.91 Å². The lowest BCUT2D eigenvalue weighted by molar-refractivity contribution is 0.0851. The molecular weight excluding hydrogens is 291 g/mol. The quantitative estimate of drug-likeness (QED) is 0.873. The van der Waals surface area contributed by atoms with Crippen molar-refractivity contribution in [2.75, 3.05) is 5.33 Å². The Morgan fingerprint density at radius 1 is 1.56 bits per heavy atom. The normalized spacial score (nSPS) is 17.6. The Balaban J connectivity index is 2.05. The standard InChI is InChI=1S/C11H12BrClN2O/c12-7-11(4-1-5-11)15-10(16)9-3-2-8(13)6-14-9/h2-3,6H,1,4-5,7H2,(H,15,16). The summed E-state index contributed by atoms with van der Waals surface area (Å²) in [5.74, 6) is -0.129. The number of aromatic nitrogens is 1. The van der Waals surface area contributed by atoms with E-state index in [9.17, 15) is 4.79 Å². The van der Waals surface area contributed by atoms with E-state index in [0.29, 0.717) is 10.7 Å². The maximum Gasteiger partial charge on any atom is 0.270 e. The summed E-state index contributed by atoms with van der Waals surface area (Å²) in [5, 5.41) is 4.35. The topological polar surface area (TPSA) is 42.0 Å². The summed E-state index contributed by atoms with van der Waals surface area (Å²) in [6.07, 6.45) is 4.70. The first-order chi connectivity index (χ1) is 7.65. The first-order valence-electron chi connectivity index (χ1n) is 5.15. The van der Waals surface area contributed by atoms with Crippen molar-refractivity contribution >= 4 is 33.4 Å². The summed E-state index contributed by atoms with van der Waals surface area (Å²) in [5.41, 5.74) is 0.343. The second-order valence-corrected chi connectivity index (χ2v) is 5.08. The lowest BCUT2D eigenvalue weighted by Gasteiger charge is -2.41. The molecule has 0 bridgehead atoms. The Kier molecular flexibility index (Phi) is 3.50. The Bertz CT molecular complexity index is 384. The van der Waals surface area contributed by atoms with E-state index in [4.69, 9.17) is 11.6 Å². The molecule has 0 aromatic carbocycles. The molecule has 1 saturated carbocycles. The van der Waals surface area contributed by atoms with Crippen molar-refractivity contribution in [3.63, 3.8) is 0 Å². The molecule has 0 atom stereocenters. The van der Waals surface area contributed by atoms with E-state index < -0.39 is 0 Å². The lowest BCUT2D eigenvalue weighted by Crippen LogP contribution is -2.55. The fourth-order valence-corrected chi connectivity index (χ4v) is 2.52. The first-order valence-corrected chi connectivity index (χ1v) is 6.65. The molecule has 1 heterocycles. The van der Waals surface area contributed by atoms with E-state index in [1.165, 1.54) is 12.6 Å². The van der Waals surface area contributed by atoms with E-state index in [0.717, 1.165) is 18.2 Å². The Morgan fingerprint density at radius 2 is 2.31 bits per heavy atom. The van der Waals surface area contributed by atoms with Crippen molar-refractivity contribution in [1.29, 1.82) is 0 Å². The Labute approximate surface area is 108 Å². The number of hydrogen-bond acceptors (Lipinski definition) is 2. The molecule has 0 unspecified atom stereocenters. The molecule has 1 fully saturated rings. The second-order valence-electron chi connectivity index (χ2n) is 4.08. The van der Waals surface area contributed by atoms with Gasteiger partial charge in [0.05, 0.1) is 10.6 Å². The molecule has 1 aromatic rings. The summed E-state index contributed by atoms with van der Waals surface area (Å²) in [6.45, 7) is 0. The van der Waals surface area contributed by atoms with Gasteiger partial charge in [-0.3, -0.25) is 4.79 Å². The van der Waals surface area contributed by atoms with Gasteiger partial charge in [-0.1, -0.05) is 27.5 Å². The third-order valence-corrected chi connectivity index (χ3v) is 4.20. The minimum absolute atomic E-state index is 0.0710. The summed E-state index contributed by atoms with van der Waals surface area (Å²) in [7, 11) is 0. The molecule has 1 aromatic heterocycles. The van der Waals surface area contributed by atoms with E-state index in [1.54, 1.807) is 12.1 Å². The highest BCUT2D eigenvalue weighted by Crippen LogP contribution is 2.33. The zero-order valence-electron chi connectivity index (χ0n) is 8.67. The van der Waals surface area contributed by atoms with Gasteiger partial charge in [-0.15, -0.1) is 0 Å². The zero-order chi connectivity index (χ0) is 11.6. The maximum absolute atomic E-state index is 11.9. The van der Waals surface area contributed by atoms with Gasteiger partial charge in [0.2, 0.25) is 0 Å². The minimum atomic E-state index is -0.129. The first kappa shape index (κ1) is 11.9. The predicted molar refractivity (Wildman–Crippen MR) is 67.1 cm³/mol. The van der Waals surface area contributed by atoms with Gasteiger partial charge < -0.3 is 5.32 Å². The van der Waals surface area contributed by atoms with Crippen LogP contribution in [0.2, 0.25) is 5.02 Å². The van der Waals surface area contributed by atoms with Crippen molar-refractivity contribution in [3.8, 4) is 0 Å². The molecule has 1 aliphatic rings. The van der Waals surface area contributed by atoms with Gasteiger partial charge in [-0.05, 0) is 31.4 Å². The van der Waals surface area contributed by atoms with Gasteiger partial charge in [0.1, 0.15) is 5.69 Å². The fourth-order valence-electron chi connectivity index (χ4n) is 1.71. The predicted octanol–water partition coefficient (Wildman–Crippen LogP) is 2.78. The molecule has 16 heavy (non-hydrogen) atoms. The van der Waals surface area contributed by atoms with E-state index in [1.807, 2.05) is 0 Å². The Hall–Kier alpha value is -0.610. The Morgan fingerprint density at radius 3 is 2.75 bits per heavy atom. The number of amides is 1. The van der Waals surface area contributed by atoms with Gasteiger partial charge in [0, 0.05) is 11.5 Å². The molecule has 0 saturated heterocycles. The smallest absolute Gasteiger partial charge is 0.270 e. The summed E-state index contributed by atoms with van der Waals surface area (Å²) in [4.78, 5) is 15.9. The monoisotopic (exact) mass is 302 g/mol. The van der Waals surface area contributed by atoms with Crippen LogP contribution in [0, 0.1) is 0 Å². The molecule has 1 N–H and O–H groups in total. The van der Waals surface area contributed by atoms with Gasteiger partial charge >= 0.3 is 0 Å². The number of nitrogens with zero attached hydrogens (tertiary/aromatic N) is 1. The number of pyridine rings is 1. The maximum atomic E-state index is 11.9. The molecular formula is C11H12BrClN2O. The van der Waals surface area contributed by atoms with Crippen molar-refractivity contribution < 1.29 is 4.79 Å². The van der Waals surface area contributed by atoms with Crippen LogP contribution < -0.4 is 5.32 Å². The number of hydrogen-bond donors (Lipinski definition) is 1. The van der Waals surface area contributed by atoms with E-state index >= 15 is 0 Å². The molecule has 0 spiro atoms. The number of carbonyl (C=O) groups is 1. The second kappa shape index (κ2) is 4.72. The van der Waals surface area contributed by atoms with Crippen LogP contribution in [-0.4, -0.2) is 21.8 Å². The lowest BCUT2D eigenvalue weighted by atomic mass is 9.78. The molecule has 5 heteroatoms. The SMILES string of the molecule is O=C(NC1(CBr)CCC1)c1ccc(Cl)cn1. The van der Waals surface area contributed by atoms with Gasteiger partial charge in [0.15, 0.2) is 0 Å². The molecule has 3 nitrogen and oxygen atoms in total. The summed E-state index contributed by atoms with van der Waals surface area (Å²) in [6, 6.07) is 3.31. The highest BCUT2D eigenvalue weighted by atomic mass is 79.9. The number of carbonyl (C=O) groups excluding carboxylic acids is 1. The van der Waals surface area contributed by atoms with Crippen molar-refractivity contribution in [2.45, 2.75) is 24.8 Å². The largest absolute Gasteiger partial charge is 0.344 e. The third-order valence-electron chi connectivity index (χ3n) is 2.91. The zero-order valence-corrected chi connectivity index (χ0v) is 11.0. The van der Waals surface area contributed by atoms with Crippen LogP contribution in [-0.2, 0) is 0 Å². The molecule has 86 valence electrons. The van der Waals surface area contributed by atoms with Gasteiger partial charge in [-0.2, -0.15) is 0 Å². The van der Waals surface area contributed by atoms with E-state index in [2.05, 4.69) is 26.2 Å². The van der Waals surface area contributed by atoms with Crippen LogP contribution in [0.15, 0.2) is 18.3 Å². The summed E-state index contributed by atoms with van der Waals surface area (Å²) >= 11 is 9.15. The number of alkyl halides is 1. The van der Waals surface area contributed by atoms with Crippen molar-refractivity contribution in [1.82, 2.24) is 10.3 Å². The average Bonchev–Trinajstić information content (AvgIpc) is 2.24. The van der Waals surface area contributed by atoms with E-state index in [-0.39, 0.29) is 11.4 Å². The molecule has 0 aliphatic heterocycles. The molecule has 2 rings (SSSR count). The van der Waals surface area contributed by atoms with Crippen LogP contribution in [0.5, 0.6) is 0 Å². The molecule has 1 aliphatic carbocycles. The fraction of sp³-hybridized carbons (Fsp3) is 0.455. The number of halogens is 2. The van der Waals surface area contributed by atoms with Crippen LogP contribution in [0.4, 0.5) is 0 Å². The third kappa shape index (κ3) is 2.38. The number of rotatable bonds is 3. The van der Waals surface area contributed by atoms with Crippen molar-refractivity contribution in [2.24, 2.45) is 0 Å². The van der Waals surface area contributed by atoms with Crippen molar-refractivity contribution in [3.05, 3.63) is 29.0 Å². The van der Waals surface area contributed by atoms with Crippen LogP contribution in [0.1, 0.15) is 29.8 Å². The van der Waals surface area contributed by atoms with Crippen LogP contribution in [0.25, 0.3) is 0 Å². The molecule has 0 radical (unpaired) electrons. The summed E-state index contributed by atoms with van der Waals surface area (Å²) < 4.78 is 0. The minimum Gasteiger partial charge on any atom is -0.344 e. The van der Waals surface area contributed by atoms with Gasteiger partial charge in [-0.25, -0.2) is 4.98 Å². The number of nitrogens with one attached hydrogen (secondary N) is 1. The highest BCUT2D eigenvalue weighted by molar-refractivity contribution is 9.09. The average molecular weight is 304 g/mol. The van der Waals surface area contributed by atoms with Crippen LogP contribution in [0.3, 0.4) is 0 Å². The molecule has 1 amide bonds. The van der Waals surface area contributed by atoms with Crippen LogP contribution >= 0.6 is 27.5 Å². The highest BCUT2D eigenvalue weighted by Gasteiger charge is 2.37.